The lowest BCUT2D eigenvalue weighted by Crippen LogP contribution is -2.23. The van der Waals surface area contributed by atoms with Crippen LogP contribution in [0.15, 0.2) is 64.4 Å². The summed E-state index contributed by atoms with van der Waals surface area (Å²) in [6.45, 7) is -1.26. The minimum Gasteiger partial charge on any atom is -0.433 e. The van der Waals surface area contributed by atoms with Crippen molar-refractivity contribution in [3.05, 3.63) is 59.2 Å². The number of hydrogen-bond acceptors (Lipinski definition) is 4. The van der Waals surface area contributed by atoms with Gasteiger partial charge in [-0.25, -0.2) is 4.98 Å². The quantitative estimate of drug-likeness (QED) is 0.446. The van der Waals surface area contributed by atoms with Gasteiger partial charge in [-0.1, -0.05) is 52.0 Å². The molecule has 0 spiro atoms. The molecule has 28 heavy (non-hydrogen) atoms. The second-order valence-electron chi connectivity index (χ2n) is 5.73. The maximum atomic E-state index is 12.5. The number of aromatic nitrogens is 2. The van der Waals surface area contributed by atoms with Crippen molar-refractivity contribution < 1.29 is 18.3 Å². The highest BCUT2D eigenvalue weighted by molar-refractivity contribution is 9.10. The third-order valence-electron chi connectivity index (χ3n) is 3.73. The number of benzene rings is 2. The summed E-state index contributed by atoms with van der Waals surface area (Å²) in [5.74, 6) is -0.435. The van der Waals surface area contributed by atoms with Crippen molar-refractivity contribution in [2.45, 2.75) is 23.9 Å². The highest BCUT2D eigenvalue weighted by Gasteiger charge is 2.19. The van der Waals surface area contributed by atoms with Crippen LogP contribution in [0.5, 0.6) is 5.75 Å². The Labute approximate surface area is 173 Å². The summed E-state index contributed by atoms with van der Waals surface area (Å²) in [6.07, 6.45) is 1.70. The summed E-state index contributed by atoms with van der Waals surface area (Å²) in [6, 6.07) is 13.8. The lowest BCUT2D eigenvalue weighted by atomic mass is 10.2. The highest BCUT2D eigenvalue weighted by atomic mass is 79.9. The SMILES string of the molecule is CC(Sc1ncc(-c2ccc(Br)cc2)[nH]1)C(=O)Nc1ccccc1OC(F)F. The summed E-state index contributed by atoms with van der Waals surface area (Å²) < 4.78 is 30.4. The summed E-state index contributed by atoms with van der Waals surface area (Å²) >= 11 is 4.62. The van der Waals surface area contributed by atoms with Gasteiger partial charge in [0.05, 0.1) is 22.8 Å². The smallest absolute Gasteiger partial charge is 0.387 e. The van der Waals surface area contributed by atoms with Gasteiger partial charge in [-0.15, -0.1) is 0 Å². The van der Waals surface area contributed by atoms with E-state index in [0.29, 0.717) is 5.16 Å². The third-order valence-corrected chi connectivity index (χ3v) is 5.25. The van der Waals surface area contributed by atoms with E-state index in [-0.39, 0.29) is 17.3 Å². The number of imidazole rings is 1. The highest BCUT2D eigenvalue weighted by Crippen LogP contribution is 2.29. The molecule has 3 rings (SSSR count). The molecule has 2 N–H and O–H groups in total. The molecule has 9 heteroatoms. The van der Waals surface area contributed by atoms with Crippen LogP contribution in [-0.2, 0) is 4.79 Å². The zero-order valence-electron chi connectivity index (χ0n) is 14.7. The lowest BCUT2D eigenvalue weighted by molar-refractivity contribution is -0.115. The van der Waals surface area contributed by atoms with E-state index >= 15 is 0 Å². The normalized spacial score (nSPS) is 12.0. The van der Waals surface area contributed by atoms with Gasteiger partial charge < -0.3 is 15.0 Å². The molecule has 0 aliphatic carbocycles. The predicted octanol–water partition coefficient (Wildman–Crippen LogP) is 5.56. The van der Waals surface area contributed by atoms with Gasteiger partial charge in [-0.3, -0.25) is 4.79 Å². The number of alkyl halides is 2. The van der Waals surface area contributed by atoms with E-state index in [9.17, 15) is 13.6 Å². The number of para-hydroxylation sites is 2. The predicted molar refractivity (Wildman–Crippen MR) is 109 cm³/mol. The number of carbonyl (C=O) groups excluding carboxylic acids is 1. The first kappa shape index (κ1) is 20.3. The van der Waals surface area contributed by atoms with E-state index < -0.39 is 11.9 Å². The van der Waals surface area contributed by atoms with Crippen molar-refractivity contribution in [1.82, 2.24) is 9.97 Å². The minimum absolute atomic E-state index is 0.0847. The molecule has 0 aliphatic rings. The van der Waals surface area contributed by atoms with Crippen LogP contribution in [0.2, 0.25) is 0 Å². The number of hydrogen-bond donors (Lipinski definition) is 2. The number of nitrogens with zero attached hydrogens (tertiary/aromatic N) is 1. The van der Waals surface area contributed by atoms with Gasteiger partial charge in [0.15, 0.2) is 5.16 Å². The number of rotatable bonds is 7. The molecule has 146 valence electrons. The Morgan fingerprint density at radius 3 is 2.64 bits per heavy atom. The van der Waals surface area contributed by atoms with E-state index in [2.05, 4.69) is 36.0 Å². The Bertz CT molecular complexity index is 950. The molecule has 0 saturated heterocycles. The number of H-pyrrole nitrogens is 1. The first-order valence-electron chi connectivity index (χ1n) is 8.24. The Morgan fingerprint density at radius 1 is 1.21 bits per heavy atom. The summed E-state index contributed by atoms with van der Waals surface area (Å²) in [4.78, 5) is 19.9. The lowest BCUT2D eigenvalue weighted by Gasteiger charge is -2.14. The number of halogens is 3. The Balaban J connectivity index is 1.64. The topological polar surface area (TPSA) is 67.0 Å². The fraction of sp³-hybridized carbons (Fsp3) is 0.158. The Morgan fingerprint density at radius 2 is 1.93 bits per heavy atom. The largest absolute Gasteiger partial charge is 0.433 e. The van der Waals surface area contributed by atoms with Crippen LogP contribution < -0.4 is 10.1 Å². The molecular formula is C19H16BrF2N3O2S. The monoisotopic (exact) mass is 467 g/mol. The van der Waals surface area contributed by atoms with Gasteiger partial charge in [0.1, 0.15) is 5.75 Å². The molecule has 3 aromatic rings. The van der Waals surface area contributed by atoms with Gasteiger partial charge in [-0.05, 0) is 36.8 Å². The number of ether oxygens (including phenoxy) is 1. The molecule has 1 atom stereocenters. The third kappa shape index (κ3) is 5.32. The van der Waals surface area contributed by atoms with Crippen LogP contribution in [-0.4, -0.2) is 27.7 Å². The van der Waals surface area contributed by atoms with Crippen LogP contribution >= 0.6 is 27.7 Å². The Kier molecular flexibility index (Phi) is 6.69. The van der Waals surface area contributed by atoms with Gasteiger partial charge in [0.2, 0.25) is 5.91 Å². The molecule has 0 bridgehead atoms. The van der Waals surface area contributed by atoms with Crippen molar-refractivity contribution in [1.29, 1.82) is 0 Å². The van der Waals surface area contributed by atoms with E-state index in [1.54, 1.807) is 25.3 Å². The molecule has 0 saturated carbocycles. The standard InChI is InChI=1S/C19H16BrF2N3O2S/c1-11(17(26)24-14-4-2-3-5-16(14)27-18(21)22)28-19-23-10-15(25-19)12-6-8-13(20)9-7-12/h2-11,18H,1H3,(H,23,25)(H,24,26). The van der Waals surface area contributed by atoms with Crippen LogP contribution in [0.3, 0.4) is 0 Å². The molecule has 0 radical (unpaired) electrons. The summed E-state index contributed by atoms with van der Waals surface area (Å²) in [5, 5.41) is 2.69. The fourth-order valence-electron chi connectivity index (χ4n) is 2.36. The van der Waals surface area contributed by atoms with Crippen LogP contribution in [0, 0.1) is 0 Å². The van der Waals surface area contributed by atoms with Gasteiger partial charge in [0, 0.05) is 4.47 Å². The number of thioether (sulfide) groups is 1. The number of carbonyl (C=O) groups is 1. The summed E-state index contributed by atoms with van der Waals surface area (Å²) in [5.41, 5.74) is 1.99. The molecule has 0 fully saturated rings. The minimum atomic E-state index is -2.97. The number of aromatic amines is 1. The molecule has 1 aromatic heterocycles. The fourth-order valence-corrected chi connectivity index (χ4v) is 3.41. The van der Waals surface area contributed by atoms with E-state index in [1.165, 1.54) is 23.9 Å². The maximum Gasteiger partial charge on any atom is 0.387 e. The second-order valence-corrected chi connectivity index (χ2v) is 7.98. The van der Waals surface area contributed by atoms with Crippen LogP contribution in [0.25, 0.3) is 11.3 Å². The van der Waals surface area contributed by atoms with Crippen LogP contribution in [0.1, 0.15) is 6.92 Å². The molecule has 5 nitrogen and oxygen atoms in total. The second kappa shape index (κ2) is 9.20. The maximum absolute atomic E-state index is 12.5. The summed E-state index contributed by atoms with van der Waals surface area (Å²) in [7, 11) is 0. The van der Waals surface area contributed by atoms with E-state index in [0.717, 1.165) is 15.7 Å². The Hall–Kier alpha value is -2.39. The van der Waals surface area contributed by atoms with Gasteiger partial charge >= 0.3 is 6.61 Å². The first-order valence-corrected chi connectivity index (χ1v) is 9.92. The molecule has 0 aliphatic heterocycles. The molecule has 1 amide bonds. The average Bonchev–Trinajstić information content (AvgIpc) is 3.12. The van der Waals surface area contributed by atoms with Crippen molar-refractivity contribution in [3.8, 4) is 17.0 Å². The first-order chi connectivity index (χ1) is 13.4. The van der Waals surface area contributed by atoms with Crippen molar-refractivity contribution in [2.24, 2.45) is 0 Å². The van der Waals surface area contributed by atoms with Gasteiger partial charge in [-0.2, -0.15) is 8.78 Å². The number of amides is 1. The van der Waals surface area contributed by atoms with Crippen molar-refractivity contribution >= 4 is 39.3 Å². The van der Waals surface area contributed by atoms with Gasteiger partial charge in [0.25, 0.3) is 0 Å². The zero-order valence-corrected chi connectivity index (χ0v) is 17.1. The molecular weight excluding hydrogens is 452 g/mol. The number of nitrogens with one attached hydrogen (secondary N) is 2. The van der Waals surface area contributed by atoms with E-state index in [4.69, 9.17) is 0 Å². The molecule has 1 heterocycles. The molecule has 2 aromatic carbocycles. The molecule has 1 unspecified atom stereocenters. The average molecular weight is 468 g/mol. The van der Waals surface area contributed by atoms with Crippen molar-refractivity contribution in [2.75, 3.05) is 5.32 Å². The number of anilines is 1. The van der Waals surface area contributed by atoms with Crippen molar-refractivity contribution in [3.63, 3.8) is 0 Å². The zero-order chi connectivity index (χ0) is 20.1. The van der Waals surface area contributed by atoms with Crippen LogP contribution in [0.4, 0.5) is 14.5 Å². The van der Waals surface area contributed by atoms with E-state index in [1.807, 2.05) is 24.3 Å².